The van der Waals surface area contributed by atoms with Gasteiger partial charge in [-0.15, -0.1) is 12.4 Å². The molecule has 0 bridgehead atoms. The topological polar surface area (TPSA) is 94.6 Å². The molecule has 2 saturated heterocycles. The molecule has 0 saturated carbocycles. The van der Waals surface area contributed by atoms with E-state index in [4.69, 9.17) is 25.2 Å². The van der Waals surface area contributed by atoms with Crippen LogP contribution in [0.25, 0.3) is 17.0 Å². The lowest BCUT2D eigenvalue weighted by molar-refractivity contribution is 0.0281. The van der Waals surface area contributed by atoms with Crippen molar-refractivity contribution in [3.05, 3.63) is 30.3 Å². The Hall–Kier alpha value is -2.62. The van der Waals surface area contributed by atoms with Crippen LogP contribution < -0.4 is 15.5 Å². The van der Waals surface area contributed by atoms with Crippen LogP contribution in [-0.4, -0.2) is 71.1 Å². The Morgan fingerprint density at radius 2 is 1.71 bits per heavy atom. The maximum Gasteiger partial charge on any atom is 0.241 e. The quantitative estimate of drug-likeness (QED) is 0.656. The first-order valence-electron chi connectivity index (χ1n) is 10.4. The van der Waals surface area contributed by atoms with E-state index in [0.717, 1.165) is 42.3 Å². The molecule has 4 heterocycles. The minimum Gasteiger partial charge on any atom is -0.378 e. The van der Waals surface area contributed by atoms with E-state index in [-0.39, 0.29) is 24.6 Å². The van der Waals surface area contributed by atoms with Crippen LogP contribution in [0, 0.1) is 0 Å². The predicted octanol–water partition coefficient (Wildman–Crippen LogP) is 2.27. The Morgan fingerprint density at radius 3 is 2.52 bits per heavy atom. The summed E-state index contributed by atoms with van der Waals surface area (Å²) in [6.45, 7) is 8.70. The van der Waals surface area contributed by atoms with Crippen molar-refractivity contribution in [3.63, 3.8) is 0 Å². The fourth-order valence-electron chi connectivity index (χ4n) is 4.12. The molecule has 5 rings (SSSR count). The zero-order valence-corrected chi connectivity index (χ0v) is 18.6. The van der Waals surface area contributed by atoms with Crippen LogP contribution in [-0.2, 0) is 9.47 Å². The molecular weight excluding hydrogens is 418 g/mol. The number of nitrogen functional groups attached to an aromatic ring is 1. The van der Waals surface area contributed by atoms with E-state index in [1.807, 2.05) is 28.8 Å². The number of nitrogens with zero attached hydrogens (tertiary/aromatic N) is 6. The summed E-state index contributed by atoms with van der Waals surface area (Å²) in [5, 5.41) is 0. The van der Waals surface area contributed by atoms with E-state index in [0.29, 0.717) is 31.7 Å². The van der Waals surface area contributed by atoms with Crippen LogP contribution in [0.1, 0.15) is 13.8 Å². The van der Waals surface area contributed by atoms with Crippen molar-refractivity contribution in [2.24, 2.45) is 0 Å². The molecule has 10 heteroatoms. The van der Waals surface area contributed by atoms with E-state index in [9.17, 15) is 0 Å². The van der Waals surface area contributed by atoms with E-state index in [2.05, 4.69) is 34.7 Å². The van der Waals surface area contributed by atoms with Gasteiger partial charge in [0.05, 0.1) is 43.0 Å². The molecule has 2 aromatic heterocycles. The molecule has 2 aliphatic heterocycles. The SMILES string of the molecule is CC1OCCN(c2cc(N3CCOCC3)nc(-n3c(N)nc4ccccc43)n2)C1C.Cl. The molecule has 2 unspecified atom stereocenters. The second kappa shape index (κ2) is 8.86. The van der Waals surface area contributed by atoms with Gasteiger partial charge >= 0.3 is 0 Å². The highest BCUT2D eigenvalue weighted by molar-refractivity contribution is 5.85. The molecule has 0 amide bonds. The van der Waals surface area contributed by atoms with E-state index in [1.54, 1.807) is 0 Å². The van der Waals surface area contributed by atoms with Crippen LogP contribution in [0.2, 0.25) is 0 Å². The van der Waals surface area contributed by atoms with Crippen molar-refractivity contribution in [2.75, 3.05) is 55.0 Å². The van der Waals surface area contributed by atoms with Gasteiger partial charge in [0, 0.05) is 25.7 Å². The molecule has 3 aromatic rings. The molecule has 2 aliphatic rings. The van der Waals surface area contributed by atoms with Crippen LogP contribution in [0.3, 0.4) is 0 Å². The average Bonchev–Trinajstić information content (AvgIpc) is 3.11. The average molecular weight is 446 g/mol. The summed E-state index contributed by atoms with van der Waals surface area (Å²) < 4.78 is 13.2. The number of ether oxygens (including phenoxy) is 2. The Balaban J connectivity index is 0.00000231. The number of hydrogen-bond donors (Lipinski definition) is 1. The smallest absolute Gasteiger partial charge is 0.241 e. The van der Waals surface area contributed by atoms with Gasteiger partial charge in [-0.05, 0) is 26.0 Å². The number of imidazole rings is 1. The molecule has 31 heavy (non-hydrogen) atoms. The largest absolute Gasteiger partial charge is 0.378 e. The lowest BCUT2D eigenvalue weighted by Gasteiger charge is -2.39. The third kappa shape index (κ3) is 4.00. The zero-order valence-electron chi connectivity index (χ0n) is 17.8. The van der Waals surface area contributed by atoms with E-state index < -0.39 is 0 Å². The fourth-order valence-corrected chi connectivity index (χ4v) is 4.12. The molecule has 9 nitrogen and oxygen atoms in total. The Bertz CT molecular complexity index is 1050. The maximum absolute atomic E-state index is 6.30. The number of halogens is 1. The van der Waals surface area contributed by atoms with Crippen LogP contribution in [0.15, 0.2) is 30.3 Å². The molecule has 1 aromatic carbocycles. The zero-order chi connectivity index (χ0) is 20.7. The minimum atomic E-state index is 0. The molecule has 0 aliphatic carbocycles. The molecule has 166 valence electrons. The maximum atomic E-state index is 6.30. The van der Waals surface area contributed by atoms with Gasteiger partial charge < -0.3 is 25.0 Å². The third-order valence-electron chi connectivity index (χ3n) is 5.99. The normalized spacial score (nSPS) is 21.9. The van der Waals surface area contributed by atoms with Crippen molar-refractivity contribution < 1.29 is 9.47 Å². The number of anilines is 3. The highest BCUT2D eigenvalue weighted by atomic mass is 35.5. The second-order valence-corrected chi connectivity index (χ2v) is 7.79. The first-order chi connectivity index (χ1) is 14.6. The molecule has 2 fully saturated rings. The number of para-hydroxylation sites is 2. The van der Waals surface area contributed by atoms with Gasteiger partial charge in [-0.25, -0.2) is 9.55 Å². The second-order valence-electron chi connectivity index (χ2n) is 7.79. The van der Waals surface area contributed by atoms with Crippen molar-refractivity contribution in [3.8, 4) is 5.95 Å². The lowest BCUT2D eigenvalue weighted by atomic mass is 10.1. The monoisotopic (exact) mass is 445 g/mol. The summed E-state index contributed by atoms with van der Waals surface area (Å²) in [6, 6.07) is 10.1. The van der Waals surface area contributed by atoms with Gasteiger partial charge in [-0.3, -0.25) is 0 Å². The molecule has 0 spiro atoms. The standard InChI is InChI=1S/C21H27N7O2.ClH/c1-14-15(2)30-12-9-27(14)19-13-18(26-7-10-29-11-8-26)24-21(25-19)28-17-6-4-3-5-16(17)23-20(28)22;/h3-6,13-15H,7-12H2,1-2H3,(H2,22,23);1H. The summed E-state index contributed by atoms with van der Waals surface area (Å²) in [7, 11) is 0. The molecular formula is C21H28ClN7O2. The number of fused-ring (bicyclic) bond motifs is 1. The van der Waals surface area contributed by atoms with Crippen LogP contribution in [0.4, 0.5) is 17.6 Å². The van der Waals surface area contributed by atoms with Crippen LogP contribution in [0.5, 0.6) is 0 Å². The lowest BCUT2D eigenvalue weighted by Crippen LogP contribution is -2.49. The van der Waals surface area contributed by atoms with Gasteiger partial charge in [0.2, 0.25) is 11.9 Å². The number of aromatic nitrogens is 4. The summed E-state index contributed by atoms with van der Waals surface area (Å²) >= 11 is 0. The number of nitrogens with two attached hydrogens (primary N) is 1. The highest BCUT2D eigenvalue weighted by Crippen LogP contribution is 2.28. The van der Waals surface area contributed by atoms with Crippen molar-refractivity contribution in [1.29, 1.82) is 0 Å². The Morgan fingerprint density at radius 1 is 0.968 bits per heavy atom. The number of benzene rings is 1. The van der Waals surface area contributed by atoms with Gasteiger partial charge in [-0.2, -0.15) is 9.97 Å². The van der Waals surface area contributed by atoms with Crippen molar-refractivity contribution in [2.45, 2.75) is 26.0 Å². The highest BCUT2D eigenvalue weighted by Gasteiger charge is 2.28. The fraction of sp³-hybridized carbons (Fsp3) is 0.476. The first-order valence-corrected chi connectivity index (χ1v) is 10.4. The molecule has 0 radical (unpaired) electrons. The van der Waals surface area contributed by atoms with Gasteiger partial charge in [0.25, 0.3) is 0 Å². The summed E-state index contributed by atoms with van der Waals surface area (Å²) in [5.74, 6) is 2.67. The molecule has 2 atom stereocenters. The predicted molar refractivity (Wildman–Crippen MR) is 124 cm³/mol. The van der Waals surface area contributed by atoms with Crippen LogP contribution >= 0.6 is 12.4 Å². The first kappa shape index (κ1) is 21.6. The molecule has 2 N–H and O–H groups in total. The Kier molecular flexibility index (Phi) is 6.17. The third-order valence-corrected chi connectivity index (χ3v) is 5.99. The summed E-state index contributed by atoms with van der Waals surface area (Å²) in [4.78, 5) is 18.9. The van der Waals surface area contributed by atoms with Crippen molar-refractivity contribution >= 4 is 41.0 Å². The number of hydrogen-bond acceptors (Lipinski definition) is 8. The van der Waals surface area contributed by atoms with Gasteiger partial charge in [0.1, 0.15) is 11.6 Å². The van der Waals surface area contributed by atoms with E-state index >= 15 is 0 Å². The van der Waals surface area contributed by atoms with Crippen molar-refractivity contribution in [1.82, 2.24) is 19.5 Å². The summed E-state index contributed by atoms with van der Waals surface area (Å²) in [6.07, 6.45) is 0.128. The summed E-state index contributed by atoms with van der Waals surface area (Å²) in [5.41, 5.74) is 8.01. The minimum absolute atomic E-state index is 0. The number of rotatable bonds is 3. The Labute approximate surface area is 187 Å². The van der Waals surface area contributed by atoms with Gasteiger partial charge in [-0.1, -0.05) is 12.1 Å². The number of morpholine rings is 2. The van der Waals surface area contributed by atoms with Gasteiger partial charge in [0.15, 0.2) is 0 Å². The van der Waals surface area contributed by atoms with E-state index in [1.165, 1.54) is 0 Å².